The molecule has 1 N–H and O–H groups in total. The van der Waals surface area contributed by atoms with E-state index in [1.165, 1.54) is 28.5 Å². The van der Waals surface area contributed by atoms with Gasteiger partial charge in [-0.2, -0.15) is 17.9 Å². The summed E-state index contributed by atoms with van der Waals surface area (Å²) in [5.41, 5.74) is 0.606. The predicted octanol–water partition coefficient (Wildman–Crippen LogP) is 5.24. The molecule has 37 heavy (non-hydrogen) atoms. The second-order valence-electron chi connectivity index (χ2n) is 8.17. The molecule has 0 saturated heterocycles. The molecule has 3 aromatic carbocycles. The van der Waals surface area contributed by atoms with Crippen molar-refractivity contribution in [3.8, 4) is 11.4 Å². The van der Waals surface area contributed by atoms with E-state index in [9.17, 15) is 22.8 Å². The molecule has 1 atom stereocenters. The molecule has 7 nitrogen and oxygen atoms in total. The molecule has 0 aliphatic carbocycles. The molecule has 11 heteroatoms. The van der Waals surface area contributed by atoms with Crippen LogP contribution in [-0.4, -0.2) is 32.0 Å². The molecule has 0 radical (unpaired) electrons. The van der Waals surface area contributed by atoms with Crippen molar-refractivity contribution in [2.45, 2.75) is 23.2 Å². The van der Waals surface area contributed by atoms with Gasteiger partial charge in [-0.15, -0.1) is 16.9 Å². The number of halogens is 3. The molecular weight excluding hydrogens is 507 g/mol. The number of carbonyl (C=O) groups is 1. The maximum Gasteiger partial charge on any atom is 0.416 e. The number of thioether (sulfide) groups is 1. The fraction of sp³-hybridized carbons (Fsp3) is 0.192. The molecule has 1 aromatic heterocycles. The smallest absolute Gasteiger partial charge is 0.416 e. The third-order valence-electron chi connectivity index (χ3n) is 5.54. The first-order chi connectivity index (χ1) is 17.5. The highest BCUT2D eigenvalue weighted by Crippen LogP contribution is 2.41. The Morgan fingerprint density at radius 2 is 1.76 bits per heavy atom. The summed E-state index contributed by atoms with van der Waals surface area (Å²) in [6, 6.07) is 18.9. The minimum absolute atomic E-state index is 0.216. The minimum Gasteiger partial charge on any atom is -0.482 e. The average Bonchev–Trinajstić information content (AvgIpc) is 3.16. The zero-order chi connectivity index (χ0) is 26.7. The maximum absolute atomic E-state index is 13.1. The minimum atomic E-state index is -4.49. The largest absolute Gasteiger partial charge is 0.482 e. The Labute approximate surface area is 214 Å². The van der Waals surface area contributed by atoms with Gasteiger partial charge in [0, 0.05) is 11.9 Å². The van der Waals surface area contributed by atoms with Gasteiger partial charge in [-0.1, -0.05) is 30.3 Å². The number of ether oxygens (including phenoxy) is 1. The van der Waals surface area contributed by atoms with Gasteiger partial charge < -0.3 is 9.84 Å². The quantitative estimate of drug-likeness (QED) is 0.314. The lowest BCUT2D eigenvalue weighted by molar-refractivity contribution is -0.139. The summed E-state index contributed by atoms with van der Waals surface area (Å²) >= 11 is 1.44. The van der Waals surface area contributed by atoms with E-state index in [-0.39, 0.29) is 5.69 Å². The normalized spacial score (nSPS) is 12.4. The number of hydrogen-bond donors (Lipinski definition) is 1. The lowest BCUT2D eigenvalue weighted by atomic mass is 10.1. The van der Waals surface area contributed by atoms with Gasteiger partial charge in [0.05, 0.1) is 16.5 Å². The molecule has 1 unspecified atom stereocenters. The standard InChI is InChI=1S/C26H22F3N3O4S/c1-16-14-20(36-15-22(33)34)12-13-21(16)37-23(17-6-4-3-5-7-17)24-30-32(25(35)31(24)2)19-10-8-18(9-11-19)26(27,28)29/h3-14,23H,15H2,1-2H3,(H,33,34). The van der Waals surface area contributed by atoms with Crippen LogP contribution in [0.2, 0.25) is 0 Å². The summed E-state index contributed by atoms with van der Waals surface area (Å²) in [6.07, 6.45) is -4.49. The topological polar surface area (TPSA) is 86.3 Å². The van der Waals surface area contributed by atoms with Crippen LogP contribution < -0.4 is 10.4 Å². The number of carboxylic acids is 1. The number of benzene rings is 3. The first kappa shape index (κ1) is 26.1. The second kappa shape index (κ2) is 10.6. The first-order valence-corrected chi connectivity index (χ1v) is 11.9. The molecule has 0 aliphatic rings. The highest BCUT2D eigenvalue weighted by Gasteiger charge is 2.30. The van der Waals surface area contributed by atoms with E-state index in [1.54, 1.807) is 25.2 Å². The molecule has 0 fully saturated rings. The maximum atomic E-state index is 13.1. The van der Waals surface area contributed by atoms with E-state index in [4.69, 9.17) is 9.84 Å². The van der Waals surface area contributed by atoms with Crippen molar-refractivity contribution in [3.63, 3.8) is 0 Å². The van der Waals surface area contributed by atoms with Crippen molar-refractivity contribution >= 4 is 17.7 Å². The SMILES string of the molecule is Cc1cc(OCC(=O)O)ccc1SC(c1ccccc1)c1nn(-c2ccc(C(F)(F)F)cc2)c(=O)n1C. The Morgan fingerprint density at radius 1 is 1.08 bits per heavy atom. The molecule has 0 aliphatic heterocycles. The summed E-state index contributed by atoms with van der Waals surface area (Å²) in [5, 5.41) is 12.9. The number of aliphatic carboxylic acids is 1. The van der Waals surface area contributed by atoms with Gasteiger partial charge in [-0.3, -0.25) is 4.57 Å². The van der Waals surface area contributed by atoms with Crippen LogP contribution in [0.4, 0.5) is 13.2 Å². The zero-order valence-electron chi connectivity index (χ0n) is 19.8. The number of aryl methyl sites for hydroxylation is 1. The molecule has 0 amide bonds. The van der Waals surface area contributed by atoms with Crippen molar-refractivity contribution in [2.24, 2.45) is 7.05 Å². The van der Waals surface area contributed by atoms with Gasteiger partial charge in [-0.25, -0.2) is 9.59 Å². The average molecular weight is 530 g/mol. The lowest BCUT2D eigenvalue weighted by Gasteiger charge is -2.18. The van der Waals surface area contributed by atoms with Gasteiger partial charge in [0.15, 0.2) is 12.4 Å². The lowest BCUT2D eigenvalue weighted by Crippen LogP contribution is -2.22. The van der Waals surface area contributed by atoms with Gasteiger partial charge in [0.2, 0.25) is 0 Å². The molecular formula is C26H22F3N3O4S. The Balaban J connectivity index is 1.72. The summed E-state index contributed by atoms with van der Waals surface area (Å²) in [6.45, 7) is 1.40. The van der Waals surface area contributed by atoms with Gasteiger partial charge in [0.1, 0.15) is 5.75 Å². The van der Waals surface area contributed by atoms with E-state index in [0.717, 1.165) is 32.8 Å². The van der Waals surface area contributed by atoms with E-state index < -0.39 is 35.3 Å². The van der Waals surface area contributed by atoms with Crippen LogP contribution >= 0.6 is 11.8 Å². The monoisotopic (exact) mass is 529 g/mol. The predicted molar refractivity (Wildman–Crippen MR) is 132 cm³/mol. The Hall–Kier alpha value is -3.99. The summed E-state index contributed by atoms with van der Waals surface area (Å²) in [5.74, 6) is -0.254. The highest BCUT2D eigenvalue weighted by atomic mass is 32.2. The van der Waals surface area contributed by atoms with Crippen LogP contribution in [0.15, 0.2) is 82.5 Å². The molecule has 192 valence electrons. The van der Waals surface area contributed by atoms with Crippen molar-refractivity contribution < 1.29 is 27.8 Å². The third kappa shape index (κ3) is 5.88. The van der Waals surface area contributed by atoms with E-state index in [1.807, 2.05) is 37.3 Å². The van der Waals surface area contributed by atoms with E-state index in [0.29, 0.717) is 11.6 Å². The van der Waals surface area contributed by atoms with Crippen molar-refractivity contribution in [2.75, 3.05) is 6.61 Å². The van der Waals surface area contributed by atoms with Crippen molar-refractivity contribution in [1.82, 2.24) is 14.3 Å². The highest BCUT2D eigenvalue weighted by molar-refractivity contribution is 7.99. The van der Waals surface area contributed by atoms with Crippen LogP contribution in [0.1, 0.15) is 27.8 Å². The van der Waals surface area contributed by atoms with Crippen molar-refractivity contribution in [1.29, 1.82) is 0 Å². The molecule has 0 saturated carbocycles. The molecule has 4 aromatic rings. The van der Waals surface area contributed by atoms with Crippen LogP contribution in [0, 0.1) is 6.92 Å². The zero-order valence-corrected chi connectivity index (χ0v) is 20.6. The van der Waals surface area contributed by atoms with Crippen LogP contribution in [-0.2, 0) is 18.0 Å². The summed E-state index contributed by atoms with van der Waals surface area (Å²) < 4.78 is 46.7. The van der Waals surface area contributed by atoms with Crippen LogP contribution in [0.25, 0.3) is 5.69 Å². The number of hydrogen-bond acceptors (Lipinski definition) is 5. The Bertz CT molecular complexity index is 1470. The number of aromatic nitrogens is 3. The molecule has 0 bridgehead atoms. The number of nitrogens with zero attached hydrogens (tertiary/aromatic N) is 3. The number of rotatable bonds is 8. The van der Waals surface area contributed by atoms with Gasteiger partial charge >= 0.3 is 17.8 Å². The van der Waals surface area contributed by atoms with Gasteiger partial charge in [0.25, 0.3) is 0 Å². The Kier molecular flexibility index (Phi) is 7.44. The fourth-order valence-electron chi connectivity index (χ4n) is 3.65. The molecule has 4 rings (SSSR count). The molecule has 1 heterocycles. The number of alkyl halides is 3. The Morgan fingerprint density at radius 3 is 2.35 bits per heavy atom. The third-order valence-corrected chi connectivity index (χ3v) is 6.97. The van der Waals surface area contributed by atoms with E-state index in [2.05, 4.69) is 5.10 Å². The second-order valence-corrected chi connectivity index (χ2v) is 9.32. The fourth-order valence-corrected chi connectivity index (χ4v) is 4.90. The van der Waals surface area contributed by atoms with E-state index >= 15 is 0 Å². The first-order valence-electron chi connectivity index (χ1n) is 11.0. The van der Waals surface area contributed by atoms with Crippen LogP contribution in [0.5, 0.6) is 5.75 Å². The summed E-state index contributed by atoms with van der Waals surface area (Å²) in [4.78, 5) is 24.7. The van der Waals surface area contributed by atoms with Crippen LogP contribution in [0.3, 0.4) is 0 Å². The van der Waals surface area contributed by atoms with Crippen molar-refractivity contribution in [3.05, 3.63) is 106 Å². The number of carboxylic acid groups (broad SMARTS) is 1. The summed E-state index contributed by atoms with van der Waals surface area (Å²) in [7, 11) is 1.57. The molecule has 0 spiro atoms. The van der Waals surface area contributed by atoms with Gasteiger partial charge in [-0.05, 0) is 60.5 Å².